The second kappa shape index (κ2) is 7.21. The van der Waals surface area contributed by atoms with E-state index in [-0.39, 0.29) is 5.56 Å². The summed E-state index contributed by atoms with van der Waals surface area (Å²) in [6.07, 6.45) is 4.25. The van der Waals surface area contributed by atoms with E-state index in [1.54, 1.807) is 11.3 Å². The molecule has 0 fully saturated rings. The summed E-state index contributed by atoms with van der Waals surface area (Å²) in [5.74, 6) is 1.02. The van der Waals surface area contributed by atoms with Gasteiger partial charge in [0.1, 0.15) is 4.83 Å². The zero-order chi connectivity index (χ0) is 20.9. The van der Waals surface area contributed by atoms with Crippen LogP contribution in [-0.2, 0) is 12.8 Å². The molecule has 0 saturated carbocycles. The lowest BCUT2D eigenvalue weighted by atomic mass is 9.97. The fourth-order valence-electron chi connectivity index (χ4n) is 4.21. The van der Waals surface area contributed by atoms with E-state index in [0.29, 0.717) is 16.7 Å². The fraction of sp³-hybridized carbons (Fsp3) is 0.174. The van der Waals surface area contributed by atoms with Crippen molar-refractivity contribution in [3.8, 4) is 5.69 Å². The highest BCUT2D eigenvalue weighted by Crippen LogP contribution is 2.34. The summed E-state index contributed by atoms with van der Waals surface area (Å²) < 4.78 is 3.31. The standard InChI is InChI=1S/C23H18ClN5OS/c24-14-10-12-15(13-11-14)25-22-27-29-21(30)19-17-8-4-5-9-18(17)31-20(19)26-23(29)28(22)16-6-2-1-3-7-16/h1-3,6-7,10-13H,4-5,8-9H2,(H,25,27). The number of hydrogen-bond acceptors (Lipinski definition) is 5. The summed E-state index contributed by atoms with van der Waals surface area (Å²) in [7, 11) is 0. The van der Waals surface area contributed by atoms with Gasteiger partial charge in [0.25, 0.3) is 5.56 Å². The Morgan fingerprint density at radius 1 is 1.00 bits per heavy atom. The minimum Gasteiger partial charge on any atom is -0.324 e. The van der Waals surface area contributed by atoms with Crippen LogP contribution in [0.4, 0.5) is 11.6 Å². The number of thiophene rings is 1. The summed E-state index contributed by atoms with van der Waals surface area (Å²) in [5, 5.41) is 9.36. The number of hydrogen-bond donors (Lipinski definition) is 1. The molecule has 0 saturated heterocycles. The molecule has 0 radical (unpaired) electrons. The van der Waals surface area contributed by atoms with Gasteiger partial charge in [0.2, 0.25) is 11.7 Å². The molecule has 0 aliphatic heterocycles. The van der Waals surface area contributed by atoms with Crippen LogP contribution in [0.25, 0.3) is 21.7 Å². The molecule has 1 aliphatic carbocycles. The van der Waals surface area contributed by atoms with E-state index in [1.165, 1.54) is 21.4 Å². The van der Waals surface area contributed by atoms with Gasteiger partial charge in [-0.2, -0.15) is 4.52 Å². The minimum atomic E-state index is -0.103. The predicted molar refractivity (Wildman–Crippen MR) is 125 cm³/mol. The van der Waals surface area contributed by atoms with Crippen molar-refractivity contribution in [3.63, 3.8) is 0 Å². The van der Waals surface area contributed by atoms with E-state index < -0.39 is 0 Å². The van der Waals surface area contributed by atoms with Crippen LogP contribution >= 0.6 is 22.9 Å². The first-order valence-corrected chi connectivity index (χ1v) is 11.4. The number of nitrogens with one attached hydrogen (secondary N) is 1. The second-order valence-electron chi connectivity index (χ2n) is 7.65. The SMILES string of the molecule is O=c1c2c3c(sc2nc2n(-c4ccccc4)c(Nc4ccc(Cl)cc4)nn12)CCCC3. The Morgan fingerprint density at radius 3 is 2.58 bits per heavy atom. The predicted octanol–water partition coefficient (Wildman–Crippen LogP) is 5.37. The lowest BCUT2D eigenvalue weighted by Crippen LogP contribution is -2.17. The average Bonchev–Trinajstić information content (AvgIpc) is 3.34. The Labute approximate surface area is 186 Å². The van der Waals surface area contributed by atoms with E-state index >= 15 is 0 Å². The highest BCUT2D eigenvalue weighted by molar-refractivity contribution is 7.18. The van der Waals surface area contributed by atoms with Crippen LogP contribution in [0.1, 0.15) is 23.3 Å². The third-order valence-corrected chi connectivity index (χ3v) is 7.11. The zero-order valence-corrected chi connectivity index (χ0v) is 18.1. The molecule has 8 heteroatoms. The molecule has 1 aliphatic rings. The quantitative estimate of drug-likeness (QED) is 0.403. The van der Waals surface area contributed by atoms with Crippen molar-refractivity contribution in [2.45, 2.75) is 25.7 Å². The summed E-state index contributed by atoms with van der Waals surface area (Å²) in [6, 6.07) is 17.2. The molecular weight excluding hydrogens is 430 g/mol. The maximum absolute atomic E-state index is 13.5. The van der Waals surface area contributed by atoms with Gasteiger partial charge in [-0.3, -0.25) is 4.79 Å². The van der Waals surface area contributed by atoms with E-state index in [0.717, 1.165) is 40.9 Å². The third kappa shape index (κ3) is 3.04. The largest absolute Gasteiger partial charge is 0.324 e. The van der Waals surface area contributed by atoms with Crippen LogP contribution in [-0.4, -0.2) is 19.2 Å². The first-order valence-electron chi connectivity index (χ1n) is 10.2. The van der Waals surface area contributed by atoms with Gasteiger partial charge in [0.15, 0.2) is 0 Å². The van der Waals surface area contributed by atoms with E-state index in [4.69, 9.17) is 16.6 Å². The number of rotatable bonds is 3. The Morgan fingerprint density at radius 2 is 1.77 bits per heavy atom. The van der Waals surface area contributed by atoms with Crippen molar-refractivity contribution in [1.29, 1.82) is 0 Å². The average molecular weight is 448 g/mol. The van der Waals surface area contributed by atoms with Crippen molar-refractivity contribution in [2.24, 2.45) is 0 Å². The van der Waals surface area contributed by atoms with Gasteiger partial charge >= 0.3 is 0 Å². The van der Waals surface area contributed by atoms with Crippen molar-refractivity contribution in [1.82, 2.24) is 19.2 Å². The molecule has 2 aromatic carbocycles. The lowest BCUT2D eigenvalue weighted by Gasteiger charge is -2.09. The summed E-state index contributed by atoms with van der Waals surface area (Å²) in [4.78, 5) is 20.5. The molecule has 3 heterocycles. The van der Waals surface area contributed by atoms with Crippen molar-refractivity contribution >= 4 is 50.6 Å². The van der Waals surface area contributed by atoms with Crippen LogP contribution < -0.4 is 10.9 Å². The first kappa shape index (κ1) is 18.6. The molecule has 0 atom stereocenters. The highest BCUT2D eigenvalue weighted by atomic mass is 35.5. The van der Waals surface area contributed by atoms with Gasteiger partial charge < -0.3 is 5.32 Å². The van der Waals surface area contributed by atoms with Crippen LogP contribution in [0.5, 0.6) is 0 Å². The van der Waals surface area contributed by atoms with Gasteiger partial charge in [0.05, 0.1) is 11.1 Å². The van der Waals surface area contributed by atoms with Crippen molar-refractivity contribution in [2.75, 3.05) is 5.32 Å². The Hall–Kier alpha value is -3.16. The zero-order valence-electron chi connectivity index (χ0n) is 16.5. The number of anilines is 2. The van der Waals surface area contributed by atoms with Gasteiger partial charge in [-0.1, -0.05) is 29.8 Å². The number of para-hydroxylation sites is 1. The number of benzene rings is 2. The normalized spacial score (nSPS) is 13.6. The molecule has 0 spiro atoms. The lowest BCUT2D eigenvalue weighted by molar-refractivity contribution is 0.699. The number of aryl methyl sites for hydroxylation is 2. The molecule has 1 N–H and O–H groups in total. The van der Waals surface area contributed by atoms with Crippen LogP contribution in [0.2, 0.25) is 5.02 Å². The topological polar surface area (TPSA) is 64.2 Å². The minimum absolute atomic E-state index is 0.103. The number of fused-ring (bicyclic) bond motifs is 4. The molecule has 6 nitrogen and oxygen atoms in total. The van der Waals surface area contributed by atoms with E-state index in [2.05, 4.69) is 10.4 Å². The maximum atomic E-state index is 13.5. The van der Waals surface area contributed by atoms with Gasteiger partial charge in [-0.25, -0.2) is 9.55 Å². The van der Waals surface area contributed by atoms with Gasteiger partial charge in [-0.05, 0) is 67.6 Å². The summed E-state index contributed by atoms with van der Waals surface area (Å²) in [6.45, 7) is 0. The summed E-state index contributed by atoms with van der Waals surface area (Å²) in [5.41, 5.74) is 2.76. The molecule has 31 heavy (non-hydrogen) atoms. The van der Waals surface area contributed by atoms with Crippen molar-refractivity contribution < 1.29 is 0 Å². The number of halogens is 1. The first-order chi connectivity index (χ1) is 15.2. The van der Waals surface area contributed by atoms with Crippen LogP contribution in [0.3, 0.4) is 0 Å². The molecule has 0 amide bonds. The highest BCUT2D eigenvalue weighted by Gasteiger charge is 2.24. The van der Waals surface area contributed by atoms with E-state index in [1.807, 2.05) is 59.2 Å². The molecular formula is C23H18ClN5OS. The number of nitrogens with zero attached hydrogens (tertiary/aromatic N) is 4. The number of aromatic nitrogens is 4. The van der Waals surface area contributed by atoms with Crippen LogP contribution in [0.15, 0.2) is 59.4 Å². The van der Waals surface area contributed by atoms with E-state index in [9.17, 15) is 4.79 Å². The summed E-state index contributed by atoms with van der Waals surface area (Å²) >= 11 is 7.68. The second-order valence-corrected chi connectivity index (χ2v) is 9.17. The van der Waals surface area contributed by atoms with Crippen molar-refractivity contribution in [3.05, 3.63) is 80.4 Å². The molecule has 154 valence electrons. The monoisotopic (exact) mass is 447 g/mol. The molecule has 5 aromatic rings. The van der Waals surface area contributed by atoms with Crippen LogP contribution in [0, 0.1) is 0 Å². The van der Waals surface area contributed by atoms with Gasteiger partial charge in [-0.15, -0.1) is 16.4 Å². The molecule has 0 unspecified atom stereocenters. The van der Waals surface area contributed by atoms with Gasteiger partial charge in [0, 0.05) is 15.6 Å². The third-order valence-electron chi connectivity index (χ3n) is 5.67. The molecule has 0 bridgehead atoms. The Kier molecular flexibility index (Phi) is 4.33. The Bertz CT molecular complexity index is 1480. The Balaban J connectivity index is 1.63. The fourth-order valence-corrected chi connectivity index (χ4v) is 5.59. The molecule has 3 aromatic heterocycles. The maximum Gasteiger partial charge on any atom is 0.284 e. The molecule has 6 rings (SSSR count). The smallest absolute Gasteiger partial charge is 0.284 e.